The zero-order chi connectivity index (χ0) is 20.0. The first-order valence-corrected chi connectivity index (χ1v) is 10.1. The summed E-state index contributed by atoms with van der Waals surface area (Å²) in [6.07, 6.45) is 1.93. The number of carbonyl (C=O) groups is 2. The van der Waals surface area contributed by atoms with Gasteiger partial charge in [0.25, 0.3) is 5.91 Å². The Kier molecular flexibility index (Phi) is 4.52. The summed E-state index contributed by atoms with van der Waals surface area (Å²) in [7, 11) is 1.95. The van der Waals surface area contributed by atoms with Gasteiger partial charge in [0, 0.05) is 39.4 Å². The molecule has 0 bridgehead atoms. The third-order valence-electron chi connectivity index (χ3n) is 6.04. The molecule has 1 aromatic heterocycles. The van der Waals surface area contributed by atoms with Crippen LogP contribution in [0.1, 0.15) is 11.7 Å². The molecule has 3 aliphatic rings. The van der Waals surface area contributed by atoms with E-state index in [0.29, 0.717) is 6.54 Å². The molecule has 0 saturated carbocycles. The van der Waals surface area contributed by atoms with Crippen molar-refractivity contribution in [3.8, 4) is 0 Å². The fraction of sp³-hybridized carbons (Fsp3) is 0.429. The lowest BCUT2D eigenvalue weighted by atomic mass is 10.1. The number of hydrogen-bond donors (Lipinski definition) is 0. The Bertz CT molecular complexity index is 936. The van der Waals surface area contributed by atoms with Gasteiger partial charge in [-0.25, -0.2) is 0 Å². The van der Waals surface area contributed by atoms with Gasteiger partial charge in [0.1, 0.15) is 6.54 Å². The van der Waals surface area contributed by atoms with Crippen molar-refractivity contribution in [2.45, 2.75) is 6.04 Å². The van der Waals surface area contributed by atoms with Gasteiger partial charge < -0.3 is 9.64 Å². The standard InChI is InChI=1S/C21H25N5O3/c1-22-16-5-2-3-6-17(16)26-19(27)15-24(10-9-23-11-13-29-14-12-23)21(28)20(26)18-7-4-8-25(18)22/h2-8,20H,9-15H2,1H3. The molecule has 29 heavy (non-hydrogen) atoms. The lowest BCUT2D eigenvalue weighted by Gasteiger charge is -2.40. The van der Waals surface area contributed by atoms with Gasteiger partial charge in [0.2, 0.25) is 5.91 Å². The maximum absolute atomic E-state index is 13.6. The third kappa shape index (κ3) is 2.99. The largest absolute Gasteiger partial charge is 0.379 e. The highest BCUT2D eigenvalue weighted by atomic mass is 16.5. The van der Waals surface area contributed by atoms with Crippen LogP contribution in [-0.4, -0.2) is 79.3 Å². The van der Waals surface area contributed by atoms with Gasteiger partial charge in [0.05, 0.1) is 30.3 Å². The lowest BCUT2D eigenvalue weighted by Crippen LogP contribution is -2.57. The second-order valence-electron chi connectivity index (χ2n) is 7.67. The average molecular weight is 395 g/mol. The van der Waals surface area contributed by atoms with E-state index in [9.17, 15) is 9.59 Å². The first-order chi connectivity index (χ1) is 14.1. The van der Waals surface area contributed by atoms with Crippen LogP contribution in [-0.2, 0) is 14.3 Å². The fourth-order valence-corrected chi connectivity index (χ4v) is 4.49. The highest BCUT2D eigenvalue weighted by molar-refractivity contribution is 6.08. The number of fused-ring (bicyclic) bond motifs is 5. The molecule has 5 rings (SSSR count). The van der Waals surface area contributed by atoms with Gasteiger partial charge in [-0.15, -0.1) is 0 Å². The Hall–Kier alpha value is -2.84. The Balaban J connectivity index is 1.49. The Morgan fingerprint density at radius 2 is 1.76 bits per heavy atom. The molecule has 4 heterocycles. The summed E-state index contributed by atoms with van der Waals surface area (Å²) in [6.45, 7) is 4.59. The molecule has 1 atom stereocenters. The molecule has 1 aromatic carbocycles. The molecular formula is C21H25N5O3. The van der Waals surface area contributed by atoms with Gasteiger partial charge in [-0.1, -0.05) is 12.1 Å². The molecule has 8 heteroatoms. The second kappa shape index (κ2) is 7.20. The van der Waals surface area contributed by atoms with Crippen molar-refractivity contribution in [1.82, 2.24) is 14.5 Å². The maximum Gasteiger partial charge on any atom is 0.252 e. The topological polar surface area (TPSA) is 61.3 Å². The average Bonchev–Trinajstić information content (AvgIpc) is 3.20. The number of hydrogen-bond acceptors (Lipinski definition) is 5. The number of ether oxygens (including phenoxy) is 1. The van der Waals surface area contributed by atoms with Crippen molar-refractivity contribution in [2.24, 2.45) is 0 Å². The number of rotatable bonds is 3. The van der Waals surface area contributed by atoms with Crippen molar-refractivity contribution in [2.75, 3.05) is 62.9 Å². The van der Waals surface area contributed by atoms with Crippen LogP contribution in [0.3, 0.4) is 0 Å². The molecule has 2 aromatic rings. The van der Waals surface area contributed by atoms with E-state index in [0.717, 1.165) is 49.9 Å². The molecule has 152 valence electrons. The number of piperazine rings is 1. The molecule has 1 unspecified atom stereocenters. The number of morpholine rings is 1. The summed E-state index contributed by atoms with van der Waals surface area (Å²) < 4.78 is 7.36. The number of amides is 2. The van der Waals surface area contributed by atoms with Crippen molar-refractivity contribution >= 4 is 23.2 Å². The minimum Gasteiger partial charge on any atom is -0.379 e. The lowest BCUT2D eigenvalue weighted by molar-refractivity contribution is -0.142. The van der Waals surface area contributed by atoms with Gasteiger partial charge in [-0.05, 0) is 24.3 Å². The quantitative estimate of drug-likeness (QED) is 0.775. The molecule has 0 aliphatic carbocycles. The molecule has 0 radical (unpaired) electrons. The van der Waals surface area contributed by atoms with E-state index >= 15 is 0 Å². The van der Waals surface area contributed by atoms with E-state index in [1.165, 1.54) is 0 Å². The van der Waals surface area contributed by atoms with Gasteiger partial charge in [0.15, 0.2) is 6.04 Å². The highest BCUT2D eigenvalue weighted by Crippen LogP contribution is 2.41. The van der Waals surface area contributed by atoms with Crippen molar-refractivity contribution in [1.29, 1.82) is 0 Å². The van der Waals surface area contributed by atoms with Crippen LogP contribution < -0.4 is 9.91 Å². The molecule has 2 saturated heterocycles. The Morgan fingerprint density at radius 3 is 2.55 bits per heavy atom. The van der Waals surface area contributed by atoms with E-state index < -0.39 is 6.04 Å². The molecule has 0 N–H and O–H groups in total. The van der Waals surface area contributed by atoms with E-state index in [-0.39, 0.29) is 18.4 Å². The number of para-hydroxylation sites is 2. The minimum absolute atomic E-state index is 0.0251. The van der Waals surface area contributed by atoms with Gasteiger partial charge >= 0.3 is 0 Å². The summed E-state index contributed by atoms with van der Waals surface area (Å²) in [5.74, 6) is -0.0741. The normalized spacial score (nSPS) is 22.2. The smallest absolute Gasteiger partial charge is 0.252 e. The van der Waals surface area contributed by atoms with E-state index in [2.05, 4.69) is 4.90 Å². The number of anilines is 2. The van der Waals surface area contributed by atoms with E-state index in [1.807, 2.05) is 59.3 Å². The van der Waals surface area contributed by atoms with Gasteiger partial charge in [-0.2, -0.15) is 0 Å². The van der Waals surface area contributed by atoms with Crippen molar-refractivity contribution in [3.63, 3.8) is 0 Å². The molecule has 2 fully saturated rings. The molecular weight excluding hydrogens is 370 g/mol. The Morgan fingerprint density at radius 1 is 1.00 bits per heavy atom. The van der Waals surface area contributed by atoms with E-state index in [1.54, 1.807) is 9.80 Å². The van der Waals surface area contributed by atoms with Crippen LogP contribution in [0.4, 0.5) is 11.4 Å². The first kappa shape index (κ1) is 18.2. The van der Waals surface area contributed by atoms with E-state index in [4.69, 9.17) is 4.74 Å². The van der Waals surface area contributed by atoms with Crippen LogP contribution in [0.25, 0.3) is 0 Å². The number of nitrogens with zero attached hydrogens (tertiary/aromatic N) is 5. The highest BCUT2D eigenvalue weighted by Gasteiger charge is 2.45. The molecule has 8 nitrogen and oxygen atoms in total. The predicted molar refractivity (Wildman–Crippen MR) is 109 cm³/mol. The van der Waals surface area contributed by atoms with Crippen molar-refractivity contribution in [3.05, 3.63) is 48.3 Å². The number of aromatic nitrogens is 1. The molecule has 2 amide bonds. The fourth-order valence-electron chi connectivity index (χ4n) is 4.49. The SMILES string of the molecule is CN1c2ccccc2N2C(=O)CN(CCN3CCOCC3)C(=O)C2c2cccn21. The summed E-state index contributed by atoms with van der Waals surface area (Å²) in [6, 6.07) is 10.9. The summed E-state index contributed by atoms with van der Waals surface area (Å²) in [5, 5.41) is 1.99. The van der Waals surface area contributed by atoms with Crippen molar-refractivity contribution < 1.29 is 14.3 Å². The monoisotopic (exact) mass is 395 g/mol. The predicted octanol–water partition coefficient (Wildman–Crippen LogP) is 0.950. The zero-order valence-corrected chi connectivity index (χ0v) is 16.5. The van der Waals surface area contributed by atoms with Crippen LogP contribution >= 0.6 is 0 Å². The summed E-state index contributed by atoms with van der Waals surface area (Å²) >= 11 is 0. The third-order valence-corrected chi connectivity index (χ3v) is 6.04. The summed E-state index contributed by atoms with van der Waals surface area (Å²) in [5.41, 5.74) is 2.48. The number of benzene rings is 1. The molecule has 3 aliphatic heterocycles. The molecule has 0 spiro atoms. The second-order valence-corrected chi connectivity index (χ2v) is 7.67. The van der Waals surface area contributed by atoms with Gasteiger partial charge in [-0.3, -0.25) is 29.1 Å². The van der Waals surface area contributed by atoms with Crippen LogP contribution in [0.15, 0.2) is 42.6 Å². The Labute approximate surface area is 169 Å². The first-order valence-electron chi connectivity index (χ1n) is 10.1. The number of carbonyl (C=O) groups excluding carboxylic acids is 2. The minimum atomic E-state index is -0.651. The van der Waals surface area contributed by atoms with Crippen LogP contribution in [0.2, 0.25) is 0 Å². The zero-order valence-electron chi connectivity index (χ0n) is 16.5. The summed E-state index contributed by atoms with van der Waals surface area (Å²) in [4.78, 5) is 32.5. The van der Waals surface area contributed by atoms with Crippen LogP contribution in [0, 0.1) is 0 Å². The van der Waals surface area contributed by atoms with Crippen LogP contribution in [0.5, 0.6) is 0 Å². The maximum atomic E-state index is 13.6.